The Hall–Kier alpha value is -1.17. The van der Waals surface area contributed by atoms with Crippen molar-refractivity contribution in [1.29, 1.82) is 0 Å². The normalized spacial score (nSPS) is 12.8. The highest BCUT2D eigenvalue weighted by atomic mass is 35.5. The fraction of sp³-hybridized carbons (Fsp3) is 0.182. The van der Waals surface area contributed by atoms with E-state index in [-0.39, 0.29) is 6.79 Å². The van der Waals surface area contributed by atoms with Crippen LogP contribution < -0.4 is 14.8 Å². The molecule has 0 fully saturated rings. The number of anilines is 1. The summed E-state index contributed by atoms with van der Waals surface area (Å²) < 4.78 is 11.2. The van der Waals surface area contributed by atoms with Gasteiger partial charge in [0.2, 0.25) is 6.79 Å². The Morgan fingerprint density at radius 3 is 2.78 bits per heavy atom. The van der Waals surface area contributed by atoms with Crippen LogP contribution in [0.25, 0.3) is 0 Å². The summed E-state index contributed by atoms with van der Waals surface area (Å²) in [5, 5.41) is 4.68. The molecule has 4 nitrogen and oxygen atoms in total. The topological polar surface area (TPSA) is 43.4 Å². The molecular weight excluding hydrogens is 295 g/mol. The minimum Gasteiger partial charge on any atom is -0.454 e. The van der Waals surface area contributed by atoms with Crippen LogP contribution in [0.4, 0.5) is 5.69 Å². The SMILES string of the molecule is Clc1cnc(CNc2cc3c(cc2Cl)OCO3)s1. The average Bonchev–Trinajstić information content (AvgIpc) is 2.94. The number of thiazole rings is 1. The molecule has 18 heavy (non-hydrogen) atoms. The lowest BCUT2D eigenvalue weighted by Gasteiger charge is -2.07. The van der Waals surface area contributed by atoms with Gasteiger partial charge in [-0.15, -0.1) is 11.3 Å². The number of aromatic nitrogens is 1. The Kier molecular flexibility index (Phi) is 3.20. The van der Waals surface area contributed by atoms with Crippen molar-refractivity contribution in [2.45, 2.75) is 6.54 Å². The second kappa shape index (κ2) is 4.84. The van der Waals surface area contributed by atoms with Crippen LogP contribution in [0.15, 0.2) is 18.3 Å². The Bertz CT molecular complexity index is 588. The third kappa shape index (κ3) is 2.34. The Morgan fingerprint density at radius 1 is 1.28 bits per heavy atom. The van der Waals surface area contributed by atoms with E-state index in [2.05, 4.69) is 10.3 Å². The van der Waals surface area contributed by atoms with E-state index in [1.165, 1.54) is 11.3 Å². The summed E-state index contributed by atoms with van der Waals surface area (Å²) in [7, 11) is 0. The molecule has 0 spiro atoms. The fourth-order valence-electron chi connectivity index (χ4n) is 1.59. The van der Waals surface area contributed by atoms with Gasteiger partial charge in [-0.25, -0.2) is 4.98 Å². The largest absolute Gasteiger partial charge is 0.454 e. The van der Waals surface area contributed by atoms with Crippen molar-refractivity contribution in [2.75, 3.05) is 12.1 Å². The van der Waals surface area contributed by atoms with E-state index < -0.39 is 0 Å². The first kappa shape index (κ1) is 11.9. The summed E-state index contributed by atoms with van der Waals surface area (Å²) in [5.41, 5.74) is 0.784. The summed E-state index contributed by atoms with van der Waals surface area (Å²) in [6.07, 6.45) is 1.63. The van der Waals surface area contributed by atoms with Gasteiger partial charge >= 0.3 is 0 Å². The molecule has 2 heterocycles. The third-order valence-electron chi connectivity index (χ3n) is 2.42. The lowest BCUT2D eigenvalue weighted by atomic mass is 10.2. The molecule has 0 radical (unpaired) electrons. The third-order valence-corrected chi connectivity index (χ3v) is 3.85. The number of nitrogens with one attached hydrogen (secondary N) is 1. The maximum Gasteiger partial charge on any atom is 0.231 e. The maximum absolute atomic E-state index is 6.14. The second-order valence-electron chi connectivity index (χ2n) is 3.60. The molecule has 1 aromatic carbocycles. The predicted octanol–water partition coefficient (Wildman–Crippen LogP) is 3.79. The van der Waals surface area contributed by atoms with Crippen LogP contribution in [0.2, 0.25) is 9.36 Å². The molecule has 0 saturated carbocycles. The van der Waals surface area contributed by atoms with Crippen molar-refractivity contribution in [1.82, 2.24) is 4.98 Å². The summed E-state index contributed by atoms with van der Waals surface area (Å²) in [4.78, 5) is 4.16. The van der Waals surface area contributed by atoms with Gasteiger partial charge in [-0.2, -0.15) is 0 Å². The zero-order valence-corrected chi connectivity index (χ0v) is 11.4. The predicted molar refractivity (Wildman–Crippen MR) is 72.0 cm³/mol. The molecule has 1 aromatic heterocycles. The molecule has 0 saturated heterocycles. The minimum absolute atomic E-state index is 0.233. The van der Waals surface area contributed by atoms with E-state index in [1.807, 2.05) is 6.07 Å². The van der Waals surface area contributed by atoms with Crippen LogP contribution in [0.1, 0.15) is 5.01 Å². The number of hydrogen-bond acceptors (Lipinski definition) is 5. The zero-order chi connectivity index (χ0) is 12.5. The van der Waals surface area contributed by atoms with Gasteiger partial charge < -0.3 is 14.8 Å². The highest BCUT2D eigenvalue weighted by molar-refractivity contribution is 7.15. The summed E-state index contributed by atoms with van der Waals surface area (Å²) in [5.74, 6) is 1.36. The first-order chi connectivity index (χ1) is 8.72. The molecule has 0 amide bonds. The van der Waals surface area contributed by atoms with Gasteiger partial charge in [-0.1, -0.05) is 23.2 Å². The first-order valence-electron chi connectivity index (χ1n) is 5.15. The summed E-state index contributed by atoms with van der Waals surface area (Å²) in [6, 6.07) is 3.56. The van der Waals surface area contributed by atoms with Crippen molar-refractivity contribution in [3.63, 3.8) is 0 Å². The highest BCUT2D eigenvalue weighted by Crippen LogP contribution is 2.39. The lowest BCUT2D eigenvalue weighted by Crippen LogP contribution is -1.99. The van der Waals surface area contributed by atoms with Gasteiger partial charge in [-0.3, -0.25) is 0 Å². The van der Waals surface area contributed by atoms with Crippen molar-refractivity contribution in [3.8, 4) is 11.5 Å². The molecule has 0 atom stereocenters. The van der Waals surface area contributed by atoms with E-state index in [0.29, 0.717) is 27.4 Å². The van der Waals surface area contributed by atoms with Crippen LogP contribution >= 0.6 is 34.5 Å². The van der Waals surface area contributed by atoms with Crippen LogP contribution in [-0.4, -0.2) is 11.8 Å². The molecule has 2 aromatic rings. The van der Waals surface area contributed by atoms with Crippen molar-refractivity contribution < 1.29 is 9.47 Å². The zero-order valence-electron chi connectivity index (χ0n) is 9.07. The van der Waals surface area contributed by atoms with E-state index in [9.17, 15) is 0 Å². The molecule has 0 aliphatic carbocycles. The number of fused-ring (bicyclic) bond motifs is 1. The number of benzene rings is 1. The number of nitrogens with zero attached hydrogens (tertiary/aromatic N) is 1. The van der Waals surface area contributed by atoms with E-state index in [4.69, 9.17) is 32.7 Å². The molecule has 0 bridgehead atoms. The summed E-state index contributed by atoms with van der Waals surface area (Å²) in [6.45, 7) is 0.800. The maximum atomic E-state index is 6.14. The van der Waals surface area contributed by atoms with Gasteiger partial charge in [0.15, 0.2) is 11.5 Å². The van der Waals surface area contributed by atoms with Gasteiger partial charge in [0.05, 0.1) is 23.5 Å². The molecule has 7 heteroatoms. The first-order valence-corrected chi connectivity index (χ1v) is 6.73. The summed E-state index contributed by atoms with van der Waals surface area (Å²) >= 11 is 13.4. The van der Waals surface area contributed by atoms with E-state index >= 15 is 0 Å². The monoisotopic (exact) mass is 302 g/mol. The Morgan fingerprint density at radius 2 is 2.06 bits per heavy atom. The van der Waals surface area contributed by atoms with E-state index in [1.54, 1.807) is 12.3 Å². The standard InChI is InChI=1S/C11H8Cl2N2O2S/c12-6-1-8-9(17-5-16-8)2-7(6)14-4-11-15-3-10(13)18-11/h1-3,14H,4-5H2. The minimum atomic E-state index is 0.233. The number of halogens is 2. The van der Waals surface area contributed by atoms with Gasteiger partial charge in [-0.05, 0) is 0 Å². The number of hydrogen-bond donors (Lipinski definition) is 1. The molecule has 1 aliphatic rings. The number of ether oxygens (including phenoxy) is 2. The second-order valence-corrected chi connectivity index (χ2v) is 5.75. The lowest BCUT2D eigenvalue weighted by molar-refractivity contribution is 0.174. The van der Waals surface area contributed by atoms with E-state index in [0.717, 1.165) is 10.7 Å². The van der Waals surface area contributed by atoms with Crippen LogP contribution in [0, 0.1) is 0 Å². The molecule has 3 rings (SSSR count). The van der Waals surface area contributed by atoms with Gasteiger partial charge in [0.1, 0.15) is 9.34 Å². The number of rotatable bonds is 3. The van der Waals surface area contributed by atoms with Crippen molar-refractivity contribution in [3.05, 3.63) is 32.7 Å². The molecule has 0 unspecified atom stereocenters. The quantitative estimate of drug-likeness (QED) is 0.937. The fourth-order valence-corrected chi connectivity index (χ4v) is 2.71. The molecular formula is C11H8Cl2N2O2S. The average molecular weight is 303 g/mol. The van der Waals surface area contributed by atoms with Gasteiger partial charge in [0, 0.05) is 12.1 Å². The van der Waals surface area contributed by atoms with Crippen LogP contribution in [0.5, 0.6) is 11.5 Å². The van der Waals surface area contributed by atoms with Gasteiger partial charge in [0.25, 0.3) is 0 Å². The smallest absolute Gasteiger partial charge is 0.231 e. The van der Waals surface area contributed by atoms with Crippen LogP contribution in [-0.2, 0) is 6.54 Å². The van der Waals surface area contributed by atoms with Crippen LogP contribution in [0.3, 0.4) is 0 Å². The highest BCUT2D eigenvalue weighted by Gasteiger charge is 2.16. The Balaban J connectivity index is 1.76. The van der Waals surface area contributed by atoms with Crippen molar-refractivity contribution >= 4 is 40.2 Å². The van der Waals surface area contributed by atoms with Crippen molar-refractivity contribution in [2.24, 2.45) is 0 Å². The Labute approximate surface area is 117 Å². The molecule has 1 N–H and O–H groups in total. The molecule has 94 valence electrons. The molecule has 1 aliphatic heterocycles.